The Morgan fingerprint density at radius 1 is 1.06 bits per heavy atom. The number of anilines is 2. The van der Waals surface area contributed by atoms with E-state index in [0.29, 0.717) is 65.9 Å². The Bertz CT molecular complexity index is 2680. The molecule has 6 N–H and O–H groups in total. The van der Waals surface area contributed by atoms with Gasteiger partial charge < -0.3 is 31.1 Å². The summed E-state index contributed by atoms with van der Waals surface area (Å²) in [6, 6.07) is 12.3. The van der Waals surface area contributed by atoms with E-state index in [0.717, 1.165) is 73.5 Å². The number of para-hydroxylation sites is 1. The number of rotatable bonds is 13. The predicted molar refractivity (Wildman–Crippen MR) is 252 cm³/mol. The Morgan fingerprint density at radius 3 is 2.56 bits per heavy atom. The second-order valence-corrected chi connectivity index (χ2v) is 17.5. The van der Waals surface area contributed by atoms with Crippen LogP contribution in [-0.2, 0) is 40.8 Å². The van der Waals surface area contributed by atoms with Crippen molar-refractivity contribution in [2.75, 3.05) is 56.5 Å². The third kappa shape index (κ3) is 9.50. The zero-order valence-corrected chi connectivity index (χ0v) is 37.7. The lowest BCUT2D eigenvalue weighted by Gasteiger charge is -2.39. The van der Waals surface area contributed by atoms with Crippen LogP contribution < -0.4 is 32.3 Å². The van der Waals surface area contributed by atoms with Crippen molar-refractivity contribution in [1.82, 2.24) is 34.6 Å². The van der Waals surface area contributed by atoms with Crippen LogP contribution in [0.25, 0.3) is 16.6 Å². The quantitative estimate of drug-likeness (QED) is 0.0706. The second-order valence-electron chi connectivity index (χ2n) is 17.5. The summed E-state index contributed by atoms with van der Waals surface area (Å²) in [5.74, 6) is -0.649. The number of aryl methyl sites for hydroxylation is 2. The first kappa shape index (κ1) is 45.9. The average Bonchev–Trinajstić information content (AvgIpc) is 3.57. The van der Waals surface area contributed by atoms with Crippen LogP contribution in [0.5, 0.6) is 0 Å². The van der Waals surface area contributed by atoms with Crippen molar-refractivity contribution in [1.29, 1.82) is 5.41 Å². The largest absolute Gasteiger partial charge is 0.404 e. The number of nitrogens with one attached hydrogen (secondary N) is 4. The second kappa shape index (κ2) is 19.8. The van der Waals surface area contributed by atoms with E-state index in [1.165, 1.54) is 34.5 Å². The number of nitrogens with two attached hydrogens (primary N) is 1. The van der Waals surface area contributed by atoms with Gasteiger partial charge in [-0.2, -0.15) is 0 Å². The van der Waals surface area contributed by atoms with Gasteiger partial charge in [-0.1, -0.05) is 12.1 Å². The minimum absolute atomic E-state index is 0.0695. The number of halogens is 2. The molecule has 16 nitrogen and oxygen atoms in total. The van der Waals surface area contributed by atoms with Gasteiger partial charge in [-0.3, -0.25) is 44.2 Å². The number of carbonyl (C=O) groups excluding carboxylic acids is 3. The number of pyridine rings is 1. The van der Waals surface area contributed by atoms with Gasteiger partial charge in [0, 0.05) is 119 Å². The van der Waals surface area contributed by atoms with E-state index in [1.807, 2.05) is 35.4 Å². The fourth-order valence-corrected chi connectivity index (χ4v) is 9.76. The molecule has 2 aromatic heterocycles. The smallest absolute Gasteiger partial charge is 0.329 e. The van der Waals surface area contributed by atoms with E-state index in [-0.39, 0.29) is 54.3 Å². The minimum atomic E-state index is -2.76. The van der Waals surface area contributed by atoms with Crippen LogP contribution in [0, 0.1) is 5.41 Å². The normalized spacial score (nSPS) is 18.9. The Hall–Kier alpha value is -6.69. The van der Waals surface area contributed by atoms with Gasteiger partial charge in [0.1, 0.15) is 11.9 Å². The molecule has 0 bridgehead atoms. The van der Waals surface area contributed by atoms with Gasteiger partial charge in [-0.15, -0.1) is 0 Å². The lowest BCUT2D eigenvalue weighted by atomic mass is 9.91. The Morgan fingerprint density at radius 2 is 1.86 bits per heavy atom. The molecular weight excluding hydrogens is 847 g/mol. The number of carbonyl (C=O) groups is 3. The van der Waals surface area contributed by atoms with Crippen molar-refractivity contribution >= 4 is 57.8 Å². The first-order valence-electron chi connectivity index (χ1n) is 22.7. The molecule has 4 aromatic rings. The first-order chi connectivity index (χ1) is 31.8. The molecule has 0 spiro atoms. The number of aliphatic imine (C=N–C) groups is 1. The maximum atomic E-state index is 14.6. The molecule has 4 aliphatic heterocycles. The van der Waals surface area contributed by atoms with Crippen LogP contribution in [-0.4, -0.2) is 106 Å². The van der Waals surface area contributed by atoms with Crippen molar-refractivity contribution in [2.24, 2.45) is 17.8 Å². The van der Waals surface area contributed by atoms with Gasteiger partial charge in [0.05, 0.1) is 35.5 Å². The highest BCUT2D eigenvalue weighted by atomic mass is 19.3. The number of amides is 3. The molecule has 1 unspecified atom stereocenters. The number of aromatic nitrogens is 3. The highest BCUT2D eigenvalue weighted by Gasteiger charge is 2.34. The van der Waals surface area contributed by atoms with Crippen LogP contribution >= 0.6 is 0 Å². The van der Waals surface area contributed by atoms with Crippen molar-refractivity contribution in [2.45, 2.75) is 83.3 Å². The van der Waals surface area contributed by atoms with Gasteiger partial charge >= 0.3 is 5.69 Å². The molecule has 3 amide bonds. The highest BCUT2D eigenvalue weighted by molar-refractivity contribution is 6.12. The summed E-state index contributed by atoms with van der Waals surface area (Å²) < 4.78 is 32.1. The molecule has 0 aliphatic carbocycles. The van der Waals surface area contributed by atoms with Crippen molar-refractivity contribution in [3.63, 3.8) is 0 Å². The zero-order chi connectivity index (χ0) is 46.6. The molecule has 18 heteroatoms. The summed E-state index contributed by atoms with van der Waals surface area (Å²) in [5.41, 5.74) is 13.2. The number of benzene rings is 2. The molecule has 348 valence electrons. The van der Waals surface area contributed by atoms with Gasteiger partial charge in [-0.05, 0) is 85.5 Å². The standard InChI is InChI=1S/C48H58F2N12O4/c1-29(63)60-21-16-38(37(28-60)46(52)61-17-5-6-31-22-35(32(24-51)26-53-2)36(45(49)50)23-42(31)61)56-33-14-19-59(20-15-33)18-13-30-9-10-34(54-25-30)27-55-39-7-4-8-40-44(39)58(3)48(66)62(40)41-11-12-43(64)57-47(41)65/h4,7-10,22-26,33,41,45,52,55-56H,5-6,11-21,27-28,51H2,1-3H3,(H,57,64,65). The average molecular weight is 905 g/mol. The van der Waals surface area contributed by atoms with E-state index in [4.69, 9.17) is 10.7 Å². The number of fused-ring (bicyclic) bond motifs is 2. The molecule has 4 aliphatic rings. The summed E-state index contributed by atoms with van der Waals surface area (Å²) in [7, 11) is 3.24. The van der Waals surface area contributed by atoms with E-state index < -0.39 is 18.4 Å². The van der Waals surface area contributed by atoms with Crippen LogP contribution in [0.4, 0.5) is 20.2 Å². The summed E-state index contributed by atoms with van der Waals surface area (Å²) in [6.07, 6.45) is 6.99. The van der Waals surface area contributed by atoms with Gasteiger partial charge in [0.2, 0.25) is 17.7 Å². The van der Waals surface area contributed by atoms with Gasteiger partial charge in [0.25, 0.3) is 6.43 Å². The zero-order valence-electron chi connectivity index (χ0n) is 37.7. The summed E-state index contributed by atoms with van der Waals surface area (Å²) in [6.45, 7) is 5.94. The molecule has 8 rings (SSSR count). The number of allylic oxidation sites excluding steroid dienone is 1. The summed E-state index contributed by atoms with van der Waals surface area (Å²) >= 11 is 0. The molecule has 2 fully saturated rings. The number of likely N-dealkylation sites (tertiary alicyclic amines) is 1. The number of hydrogen-bond acceptors (Lipinski definition) is 11. The Balaban J connectivity index is 0.879. The minimum Gasteiger partial charge on any atom is -0.404 e. The molecule has 0 radical (unpaired) electrons. The maximum Gasteiger partial charge on any atom is 0.329 e. The van der Waals surface area contributed by atoms with E-state index >= 15 is 0 Å². The van der Waals surface area contributed by atoms with Crippen LogP contribution in [0.2, 0.25) is 0 Å². The van der Waals surface area contributed by atoms with E-state index in [9.17, 15) is 33.4 Å². The summed E-state index contributed by atoms with van der Waals surface area (Å²) in [4.78, 5) is 65.1. The fraction of sp³-hybridized carbons (Fsp3) is 0.438. The summed E-state index contributed by atoms with van der Waals surface area (Å²) in [5, 5.41) is 19.1. The van der Waals surface area contributed by atoms with Crippen molar-refractivity contribution < 1.29 is 23.2 Å². The third-order valence-electron chi connectivity index (χ3n) is 13.4. The predicted octanol–water partition coefficient (Wildman–Crippen LogP) is 4.80. The molecular formula is C48H58F2N12O4. The van der Waals surface area contributed by atoms with Crippen LogP contribution in [0.3, 0.4) is 0 Å². The lowest BCUT2D eigenvalue weighted by molar-refractivity contribution is -0.135. The first-order valence-corrected chi connectivity index (χ1v) is 22.7. The maximum absolute atomic E-state index is 14.6. The highest BCUT2D eigenvalue weighted by Crippen LogP contribution is 2.38. The monoisotopic (exact) mass is 904 g/mol. The number of alkyl halides is 2. The van der Waals surface area contributed by atoms with Crippen LogP contribution in [0.15, 0.2) is 75.9 Å². The Kier molecular flexibility index (Phi) is 13.8. The van der Waals surface area contributed by atoms with E-state index in [1.54, 1.807) is 25.1 Å². The van der Waals surface area contributed by atoms with Crippen LogP contribution in [0.1, 0.15) is 85.9 Å². The topological polar surface area (TPSA) is 199 Å². The lowest BCUT2D eigenvalue weighted by Crippen LogP contribution is -2.48. The molecule has 6 heterocycles. The van der Waals surface area contributed by atoms with Gasteiger partial charge in [-0.25, -0.2) is 13.6 Å². The number of imide groups is 1. The number of imidazole rings is 1. The Labute approximate surface area is 382 Å². The van der Waals surface area contributed by atoms with Gasteiger partial charge in [0.15, 0.2) is 0 Å². The molecule has 0 saturated carbocycles. The number of piperidine rings is 2. The van der Waals surface area contributed by atoms with Crippen molar-refractivity contribution in [3.8, 4) is 0 Å². The molecule has 2 aromatic carbocycles. The molecule has 1 atom stereocenters. The number of amidine groups is 1. The molecule has 2 saturated heterocycles. The number of nitrogens with zero attached hydrogens (tertiary/aromatic N) is 7. The SMILES string of the molecule is CN=CC(=CN)c1cc2c(cc1C(F)F)N(C(=N)C1=C(NC3CCN(CCc4ccc(CNc5cccc6c5n(C)c(=O)n6C5CCC(=O)NC5=O)nc4)CC3)CCN(C(C)=O)C1)CCC2. The van der Waals surface area contributed by atoms with Crippen molar-refractivity contribution in [3.05, 3.63) is 105 Å². The number of hydrogen-bond donors (Lipinski definition) is 5. The fourth-order valence-electron chi connectivity index (χ4n) is 9.76. The third-order valence-corrected chi connectivity index (χ3v) is 13.4. The molecule has 66 heavy (non-hydrogen) atoms. The van der Waals surface area contributed by atoms with E-state index in [2.05, 4.69) is 31.9 Å².